The van der Waals surface area contributed by atoms with Gasteiger partial charge in [0.05, 0.1) is 5.54 Å². The van der Waals surface area contributed by atoms with E-state index in [9.17, 15) is 0 Å². The zero-order valence-corrected chi connectivity index (χ0v) is 12.6. The molecular weight excluding hydrogens is 258 g/mol. The smallest absolute Gasteiger partial charge is 0.234 e. The third kappa shape index (κ3) is 2.17. The van der Waals surface area contributed by atoms with Crippen LogP contribution in [0.25, 0.3) is 4.96 Å². The lowest BCUT2D eigenvalue weighted by atomic mass is 9.78. The van der Waals surface area contributed by atoms with E-state index in [1.54, 1.807) is 11.3 Å². The number of nitrogens with two attached hydrogens (primary N) is 1. The number of fused-ring (bicyclic) bond motifs is 1. The second-order valence-corrected chi connectivity index (χ2v) is 7.11. The molecule has 6 heteroatoms. The Morgan fingerprint density at radius 2 is 2.00 bits per heavy atom. The summed E-state index contributed by atoms with van der Waals surface area (Å²) in [6.07, 6.45) is 4.42. The molecule has 0 spiro atoms. The van der Waals surface area contributed by atoms with Crippen molar-refractivity contribution in [1.29, 1.82) is 0 Å². The van der Waals surface area contributed by atoms with Crippen LogP contribution in [0.3, 0.4) is 0 Å². The molecule has 1 fully saturated rings. The molecule has 2 N–H and O–H groups in total. The number of aromatic nitrogens is 4. The fourth-order valence-electron chi connectivity index (χ4n) is 2.68. The molecule has 3 rings (SSSR count). The normalized spacial score (nSPS) is 28.4. The van der Waals surface area contributed by atoms with E-state index in [-0.39, 0.29) is 5.54 Å². The van der Waals surface area contributed by atoms with Crippen LogP contribution in [0, 0.1) is 5.92 Å². The topological polar surface area (TPSA) is 69.1 Å². The highest BCUT2D eigenvalue weighted by atomic mass is 32.1. The van der Waals surface area contributed by atoms with E-state index in [4.69, 9.17) is 10.8 Å². The van der Waals surface area contributed by atoms with Crippen molar-refractivity contribution in [3.63, 3.8) is 0 Å². The fraction of sp³-hybridized carbons (Fsp3) is 0.769. The van der Waals surface area contributed by atoms with Crippen LogP contribution in [0.2, 0.25) is 0 Å². The molecule has 5 nitrogen and oxygen atoms in total. The summed E-state index contributed by atoms with van der Waals surface area (Å²) in [6.45, 7) is 6.51. The van der Waals surface area contributed by atoms with Crippen molar-refractivity contribution in [3.8, 4) is 0 Å². The SMILES string of the molecule is CC1CCC(N)(c2nn3c(C(C)C)nnc3s2)CC1. The quantitative estimate of drug-likeness (QED) is 0.917. The molecular formula is C13H21N5S. The Balaban J connectivity index is 1.97. The van der Waals surface area contributed by atoms with Gasteiger partial charge in [0.15, 0.2) is 5.82 Å². The average molecular weight is 279 g/mol. The molecule has 0 aromatic carbocycles. The highest BCUT2D eigenvalue weighted by molar-refractivity contribution is 7.16. The van der Waals surface area contributed by atoms with Gasteiger partial charge in [-0.05, 0) is 31.6 Å². The second kappa shape index (κ2) is 4.52. The first-order chi connectivity index (χ1) is 8.99. The Bertz CT molecular complexity index is 577. The molecule has 1 aliphatic carbocycles. The van der Waals surface area contributed by atoms with Gasteiger partial charge in [-0.25, -0.2) is 0 Å². The summed E-state index contributed by atoms with van der Waals surface area (Å²) in [4.78, 5) is 0.863. The van der Waals surface area contributed by atoms with E-state index < -0.39 is 0 Å². The molecule has 2 heterocycles. The van der Waals surface area contributed by atoms with Crippen LogP contribution in [0.15, 0.2) is 0 Å². The minimum atomic E-state index is -0.258. The second-order valence-electron chi connectivity index (χ2n) is 6.15. The van der Waals surface area contributed by atoms with E-state index in [1.165, 1.54) is 12.8 Å². The Labute approximate surface area is 117 Å². The lowest BCUT2D eigenvalue weighted by Gasteiger charge is -2.33. The van der Waals surface area contributed by atoms with E-state index in [1.807, 2.05) is 4.52 Å². The fourth-order valence-corrected chi connectivity index (χ4v) is 3.69. The van der Waals surface area contributed by atoms with Gasteiger partial charge in [-0.1, -0.05) is 32.1 Å². The highest BCUT2D eigenvalue weighted by Gasteiger charge is 2.35. The minimum Gasteiger partial charge on any atom is -0.319 e. The van der Waals surface area contributed by atoms with Gasteiger partial charge in [0.25, 0.3) is 0 Å². The third-order valence-corrected chi connectivity index (χ3v) is 5.24. The van der Waals surface area contributed by atoms with Crippen LogP contribution in [0.1, 0.15) is 63.2 Å². The average Bonchev–Trinajstić information content (AvgIpc) is 2.92. The molecule has 0 saturated heterocycles. The number of hydrogen-bond donors (Lipinski definition) is 1. The van der Waals surface area contributed by atoms with Crippen molar-refractivity contribution in [3.05, 3.63) is 10.8 Å². The summed E-state index contributed by atoms with van der Waals surface area (Å²) in [5.41, 5.74) is 6.32. The van der Waals surface area contributed by atoms with Gasteiger partial charge in [0.1, 0.15) is 5.01 Å². The van der Waals surface area contributed by atoms with Crippen molar-refractivity contribution in [2.75, 3.05) is 0 Å². The molecule has 1 aliphatic rings. The number of rotatable bonds is 2. The molecule has 0 amide bonds. The first-order valence-corrected chi connectivity index (χ1v) is 7.83. The van der Waals surface area contributed by atoms with Crippen LogP contribution >= 0.6 is 11.3 Å². The van der Waals surface area contributed by atoms with Crippen LogP contribution in [0.5, 0.6) is 0 Å². The van der Waals surface area contributed by atoms with Gasteiger partial charge in [0, 0.05) is 5.92 Å². The lowest BCUT2D eigenvalue weighted by Crippen LogP contribution is -2.40. The molecule has 0 radical (unpaired) electrons. The summed E-state index contributed by atoms with van der Waals surface area (Å²) < 4.78 is 1.87. The molecule has 104 valence electrons. The predicted molar refractivity (Wildman–Crippen MR) is 76.2 cm³/mol. The number of nitrogens with zero attached hydrogens (tertiary/aromatic N) is 4. The molecule has 0 atom stereocenters. The maximum Gasteiger partial charge on any atom is 0.234 e. The van der Waals surface area contributed by atoms with Gasteiger partial charge < -0.3 is 5.73 Å². The van der Waals surface area contributed by atoms with Crippen molar-refractivity contribution in [1.82, 2.24) is 19.8 Å². The van der Waals surface area contributed by atoms with Gasteiger partial charge in [-0.3, -0.25) is 0 Å². The maximum atomic E-state index is 6.58. The zero-order chi connectivity index (χ0) is 13.6. The van der Waals surface area contributed by atoms with Crippen LogP contribution < -0.4 is 5.73 Å². The lowest BCUT2D eigenvalue weighted by molar-refractivity contribution is 0.246. The van der Waals surface area contributed by atoms with E-state index in [0.717, 1.165) is 34.6 Å². The molecule has 1 saturated carbocycles. The van der Waals surface area contributed by atoms with Crippen molar-refractivity contribution < 1.29 is 0 Å². The summed E-state index contributed by atoms with van der Waals surface area (Å²) >= 11 is 1.60. The summed E-state index contributed by atoms with van der Waals surface area (Å²) in [7, 11) is 0. The monoisotopic (exact) mass is 279 g/mol. The first kappa shape index (κ1) is 13.0. The van der Waals surface area contributed by atoms with Gasteiger partial charge in [-0.2, -0.15) is 9.61 Å². The number of hydrogen-bond acceptors (Lipinski definition) is 5. The first-order valence-electron chi connectivity index (χ1n) is 7.01. The van der Waals surface area contributed by atoms with Crippen molar-refractivity contribution in [2.45, 2.75) is 57.9 Å². The van der Waals surface area contributed by atoms with Crippen molar-refractivity contribution in [2.24, 2.45) is 11.7 Å². The molecule has 2 aromatic heterocycles. The van der Waals surface area contributed by atoms with E-state index in [0.29, 0.717) is 5.92 Å². The molecule has 0 unspecified atom stereocenters. The van der Waals surface area contributed by atoms with Crippen LogP contribution in [0.4, 0.5) is 0 Å². The summed E-state index contributed by atoms with van der Waals surface area (Å²) in [5, 5.41) is 14.1. The zero-order valence-electron chi connectivity index (χ0n) is 11.8. The Kier molecular flexibility index (Phi) is 3.09. The van der Waals surface area contributed by atoms with Gasteiger partial charge in [-0.15, -0.1) is 10.2 Å². The predicted octanol–water partition coefficient (Wildman–Crippen LogP) is 2.67. The third-order valence-electron chi connectivity index (χ3n) is 4.12. The van der Waals surface area contributed by atoms with Crippen molar-refractivity contribution >= 4 is 16.3 Å². The Morgan fingerprint density at radius 3 is 2.63 bits per heavy atom. The van der Waals surface area contributed by atoms with Crippen LogP contribution in [-0.4, -0.2) is 19.8 Å². The summed E-state index contributed by atoms with van der Waals surface area (Å²) in [6, 6.07) is 0. The maximum absolute atomic E-state index is 6.58. The molecule has 0 aliphatic heterocycles. The summed E-state index contributed by atoms with van der Waals surface area (Å²) in [5.74, 6) is 2.03. The molecule has 2 aromatic rings. The largest absolute Gasteiger partial charge is 0.319 e. The van der Waals surface area contributed by atoms with Crippen LogP contribution in [-0.2, 0) is 5.54 Å². The molecule has 0 bridgehead atoms. The Morgan fingerprint density at radius 1 is 1.32 bits per heavy atom. The van der Waals surface area contributed by atoms with Gasteiger partial charge in [0.2, 0.25) is 4.96 Å². The molecule has 19 heavy (non-hydrogen) atoms. The minimum absolute atomic E-state index is 0.258. The standard InChI is InChI=1S/C13H21N5S/c1-8(2)10-15-16-12-18(10)17-11(19-12)13(14)6-4-9(3)5-7-13/h8-9H,4-7,14H2,1-3H3. The Hall–Kier alpha value is -1.01. The highest BCUT2D eigenvalue weighted by Crippen LogP contribution is 2.39. The van der Waals surface area contributed by atoms with Gasteiger partial charge >= 0.3 is 0 Å². The van der Waals surface area contributed by atoms with E-state index >= 15 is 0 Å². The van der Waals surface area contributed by atoms with E-state index in [2.05, 4.69) is 31.0 Å².